The highest BCUT2D eigenvalue weighted by Crippen LogP contribution is 2.38. The lowest BCUT2D eigenvalue weighted by Crippen LogP contribution is -2.22. The van der Waals surface area contributed by atoms with Crippen LogP contribution < -0.4 is 10.4 Å². The van der Waals surface area contributed by atoms with E-state index in [1.54, 1.807) is 6.26 Å². The fourth-order valence-corrected chi connectivity index (χ4v) is 4.06. The Morgan fingerprint density at radius 2 is 1.40 bits per heavy atom. The van der Waals surface area contributed by atoms with Gasteiger partial charge >= 0.3 is 0 Å². The molecule has 0 spiro atoms. The highest BCUT2D eigenvalue weighted by molar-refractivity contribution is 5.90. The normalized spacial score (nSPS) is 14.7. The molecule has 120 valence electrons. The number of rotatable bonds is 3. The molecule has 1 aromatic heterocycles. The first-order valence-electron chi connectivity index (χ1n) is 8.66. The van der Waals surface area contributed by atoms with E-state index in [4.69, 9.17) is 4.42 Å². The van der Waals surface area contributed by atoms with Gasteiger partial charge in [0.05, 0.1) is 6.26 Å². The zero-order valence-electron chi connectivity index (χ0n) is 13.9. The summed E-state index contributed by atoms with van der Waals surface area (Å²) in [4.78, 5) is 0. The fraction of sp³-hybridized carbons (Fsp3) is 0.0833. The molecular formula is C24H18O. The second-order valence-electron chi connectivity index (χ2n) is 6.74. The van der Waals surface area contributed by atoms with Gasteiger partial charge in [-0.3, -0.25) is 0 Å². The number of benzene rings is 3. The van der Waals surface area contributed by atoms with Crippen molar-refractivity contribution in [3.63, 3.8) is 0 Å². The van der Waals surface area contributed by atoms with E-state index in [1.807, 2.05) is 6.07 Å². The first-order valence-corrected chi connectivity index (χ1v) is 8.66. The second-order valence-corrected chi connectivity index (χ2v) is 6.74. The summed E-state index contributed by atoms with van der Waals surface area (Å²) in [5.41, 5.74) is 1.14. The van der Waals surface area contributed by atoms with Gasteiger partial charge in [0.1, 0.15) is 5.76 Å². The molecule has 0 radical (unpaired) electrons. The van der Waals surface area contributed by atoms with Crippen molar-refractivity contribution in [2.24, 2.45) is 0 Å². The minimum atomic E-state index is -0.192. The summed E-state index contributed by atoms with van der Waals surface area (Å²) in [5.74, 6) is 1.01. The molecule has 5 rings (SSSR count). The number of furan rings is 1. The predicted molar refractivity (Wildman–Crippen MR) is 103 cm³/mol. The molecule has 0 saturated carbocycles. The van der Waals surface area contributed by atoms with Gasteiger partial charge in [-0.15, -0.1) is 0 Å². The van der Waals surface area contributed by atoms with Crippen LogP contribution in [0.15, 0.2) is 89.5 Å². The molecule has 1 heteroatoms. The molecule has 1 aliphatic rings. The molecule has 25 heavy (non-hydrogen) atoms. The summed E-state index contributed by atoms with van der Waals surface area (Å²) in [5, 5.41) is 5.16. The third-order valence-electron chi connectivity index (χ3n) is 5.16. The summed E-state index contributed by atoms with van der Waals surface area (Å²) in [7, 11) is 0. The van der Waals surface area contributed by atoms with Gasteiger partial charge < -0.3 is 4.42 Å². The van der Waals surface area contributed by atoms with Gasteiger partial charge in [-0.1, -0.05) is 78.9 Å². The maximum Gasteiger partial charge on any atom is 0.105 e. The van der Waals surface area contributed by atoms with Crippen LogP contribution in [0.4, 0.5) is 0 Å². The van der Waals surface area contributed by atoms with Crippen LogP contribution in [0.5, 0.6) is 0 Å². The maximum atomic E-state index is 5.71. The molecule has 1 nitrogen and oxygen atoms in total. The van der Waals surface area contributed by atoms with E-state index in [0.29, 0.717) is 0 Å². The van der Waals surface area contributed by atoms with E-state index < -0.39 is 0 Å². The zero-order chi connectivity index (χ0) is 16.7. The Labute approximate surface area is 146 Å². The lowest BCUT2D eigenvalue weighted by Gasteiger charge is -2.27. The SMILES string of the molecule is C1=c2ccccc2=CC1(Cc1ccco1)c1cccc2ccccc12. The van der Waals surface area contributed by atoms with E-state index >= 15 is 0 Å². The van der Waals surface area contributed by atoms with Crippen LogP contribution in [-0.2, 0) is 11.8 Å². The van der Waals surface area contributed by atoms with Crippen LogP contribution in [0.2, 0.25) is 0 Å². The largest absolute Gasteiger partial charge is 0.469 e. The third-order valence-corrected chi connectivity index (χ3v) is 5.16. The lowest BCUT2D eigenvalue weighted by molar-refractivity contribution is 0.490. The highest BCUT2D eigenvalue weighted by atomic mass is 16.3. The topological polar surface area (TPSA) is 13.1 Å². The standard InChI is InChI=1S/C24H18O/c1-2-9-20-16-24(15-19(20)8-1,17-21-11-6-14-25-21)23-13-5-10-18-7-3-4-12-22(18)23/h1-16H,17H2. The van der Waals surface area contributed by atoms with E-state index in [1.165, 1.54) is 26.8 Å². The second kappa shape index (κ2) is 5.49. The van der Waals surface area contributed by atoms with Gasteiger partial charge in [0.25, 0.3) is 0 Å². The van der Waals surface area contributed by atoms with Gasteiger partial charge in [-0.2, -0.15) is 0 Å². The van der Waals surface area contributed by atoms with E-state index in [2.05, 4.69) is 84.9 Å². The molecule has 0 saturated heterocycles. The molecule has 0 atom stereocenters. The van der Waals surface area contributed by atoms with E-state index in [-0.39, 0.29) is 5.41 Å². The molecule has 1 heterocycles. The average Bonchev–Trinajstić information content (AvgIpc) is 3.29. The van der Waals surface area contributed by atoms with Crippen LogP contribution in [-0.4, -0.2) is 0 Å². The molecule has 0 unspecified atom stereocenters. The molecule has 1 aliphatic carbocycles. The quantitative estimate of drug-likeness (QED) is 0.551. The smallest absolute Gasteiger partial charge is 0.105 e. The third kappa shape index (κ3) is 2.32. The monoisotopic (exact) mass is 322 g/mol. The Bertz CT molecular complexity index is 1130. The van der Waals surface area contributed by atoms with Crippen LogP contribution in [0.1, 0.15) is 11.3 Å². The minimum absolute atomic E-state index is 0.192. The van der Waals surface area contributed by atoms with Gasteiger partial charge in [-0.25, -0.2) is 0 Å². The summed E-state index contributed by atoms with van der Waals surface area (Å²) < 4.78 is 5.71. The lowest BCUT2D eigenvalue weighted by atomic mass is 9.76. The Morgan fingerprint density at radius 3 is 2.16 bits per heavy atom. The summed E-state index contributed by atoms with van der Waals surface area (Å²) >= 11 is 0. The van der Waals surface area contributed by atoms with Crippen molar-refractivity contribution in [1.29, 1.82) is 0 Å². The Morgan fingerprint density at radius 1 is 0.680 bits per heavy atom. The van der Waals surface area contributed by atoms with Crippen molar-refractivity contribution in [3.05, 3.63) is 107 Å². The fourth-order valence-electron chi connectivity index (χ4n) is 4.06. The molecule has 4 aromatic rings. The van der Waals surface area contributed by atoms with E-state index in [0.717, 1.165) is 12.2 Å². The zero-order valence-corrected chi connectivity index (χ0v) is 13.9. The average molecular weight is 322 g/mol. The van der Waals surface area contributed by atoms with Crippen molar-refractivity contribution in [3.8, 4) is 0 Å². The molecule has 0 amide bonds. The van der Waals surface area contributed by atoms with Crippen LogP contribution in [0.3, 0.4) is 0 Å². The first-order chi connectivity index (χ1) is 12.3. The minimum Gasteiger partial charge on any atom is -0.469 e. The number of hydrogen-bond acceptors (Lipinski definition) is 1. The molecular weight excluding hydrogens is 304 g/mol. The van der Waals surface area contributed by atoms with Gasteiger partial charge in [0.15, 0.2) is 0 Å². The summed E-state index contributed by atoms with van der Waals surface area (Å²) in [6.07, 6.45) is 7.37. The van der Waals surface area contributed by atoms with Crippen molar-refractivity contribution < 1.29 is 4.42 Å². The molecule has 3 aromatic carbocycles. The van der Waals surface area contributed by atoms with Crippen LogP contribution in [0.25, 0.3) is 22.9 Å². The van der Waals surface area contributed by atoms with Gasteiger partial charge in [-0.05, 0) is 38.9 Å². The number of hydrogen-bond donors (Lipinski definition) is 0. The Hall–Kier alpha value is -3.06. The van der Waals surface area contributed by atoms with Crippen molar-refractivity contribution in [2.45, 2.75) is 11.8 Å². The Kier molecular flexibility index (Phi) is 3.14. The van der Waals surface area contributed by atoms with Crippen LogP contribution in [0, 0.1) is 0 Å². The van der Waals surface area contributed by atoms with Gasteiger partial charge in [0.2, 0.25) is 0 Å². The summed E-state index contributed by atoms with van der Waals surface area (Å²) in [6, 6.07) is 27.9. The predicted octanol–water partition coefficient (Wildman–Crippen LogP) is 4.19. The van der Waals surface area contributed by atoms with Crippen molar-refractivity contribution in [2.75, 3.05) is 0 Å². The highest BCUT2D eigenvalue weighted by Gasteiger charge is 2.32. The van der Waals surface area contributed by atoms with Crippen molar-refractivity contribution >= 4 is 22.9 Å². The first kappa shape index (κ1) is 14.3. The number of fused-ring (bicyclic) bond motifs is 2. The molecule has 0 N–H and O–H groups in total. The molecule has 0 aliphatic heterocycles. The van der Waals surface area contributed by atoms with Crippen molar-refractivity contribution in [1.82, 2.24) is 0 Å². The maximum absolute atomic E-state index is 5.71. The van der Waals surface area contributed by atoms with E-state index in [9.17, 15) is 0 Å². The van der Waals surface area contributed by atoms with Crippen LogP contribution >= 0.6 is 0 Å². The molecule has 0 fully saturated rings. The Balaban J connectivity index is 1.81. The van der Waals surface area contributed by atoms with Gasteiger partial charge in [0, 0.05) is 11.8 Å². The molecule has 0 bridgehead atoms. The summed E-state index contributed by atoms with van der Waals surface area (Å²) in [6.45, 7) is 0.